The molecule has 1 amide bonds. The molecule has 7 unspecified atom stereocenters. The van der Waals surface area contributed by atoms with Crippen LogP contribution in [0.25, 0.3) is 0 Å². The highest BCUT2D eigenvalue weighted by Crippen LogP contribution is 2.41. The summed E-state index contributed by atoms with van der Waals surface area (Å²) >= 11 is 0. The smallest absolute Gasteiger partial charge is 0.380 e. The molecular weight excluding hydrogens is 437 g/mol. The molecule has 1 aliphatic heterocycles. The van der Waals surface area contributed by atoms with Gasteiger partial charge in [0.05, 0.1) is 25.2 Å². The minimum Gasteiger partial charge on any atom is -0.380 e. The maximum Gasteiger partial charge on any atom is 0.391 e. The first kappa shape index (κ1) is 25.1. The number of aliphatic imine (C=N–C) groups is 1. The average Bonchev–Trinajstić information content (AvgIpc) is 3.14. The second-order valence-electron chi connectivity index (χ2n) is 8.69. The van der Waals surface area contributed by atoms with Crippen molar-refractivity contribution in [3.8, 4) is 0 Å². The summed E-state index contributed by atoms with van der Waals surface area (Å²) in [5, 5.41) is 5.64. The van der Waals surface area contributed by atoms with E-state index in [1.165, 1.54) is 0 Å². The number of carbonyl (C=O) groups excluding carboxylic acids is 1. The first-order valence-corrected chi connectivity index (χ1v) is 11.2. The number of halogens is 5. The monoisotopic (exact) mass is 469 g/mol. The Balaban J connectivity index is 1.64. The Morgan fingerprint density at radius 2 is 1.88 bits per heavy atom. The van der Waals surface area contributed by atoms with Gasteiger partial charge < -0.3 is 10.1 Å². The molecule has 7 atom stereocenters. The van der Waals surface area contributed by atoms with Gasteiger partial charge in [0.15, 0.2) is 5.96 Å². The van der Waals surface area contributed by atoms with Crippen molar-refractivity contribution >= 4 is 11.9 Å². The number of guanidine groups is 1. The molecule has 3 fully saturated rings. The van der Waals surface area contributed by atoms with Gasteiger partial charge in [-0.1, -0.05) is 0 Å². The predicted octanol–water partition coefficient (Wildman–Crippen LogP) is 2.34. The van der Waals surface area contributed by atoms with Crippen LogP contribution < -0.4 is 21.5 Å². The van der Waals surface area contributed by atoms with E-state index in [2.05, 4.69) is 26.5 Å². The lowest BCUT2D eigenvalue weighted by molar-refractivity contribution is -0.186. The Morgan fingerprint density at radius 1 is 1.09 bits per heavy atom. The molecule has 0 aromatic rings. The Kier molecular flexibility index (Phi) is 8.68. The van der Waals surface area contributed by atoms with E-state index in [9.17, 15) is 26.7 Å². The molecule has 2 aliphatic carbocycles. The number of fused-ring (bicyclic) bond motifs is 1. The van der Waals surface area contributed by atoms with E-state index >= 15 is 0 Å². The van der Waals surface area contributed by atoms with Crippen LogP contribution in [0.2, 0.25) is 0 Å². The van der Waals surface area contributed by atoms with Crippen LogP contribution in [0.5, 0.6) is 0 Å². The summed E-state index contributed by atoms with van der Waals surface area (Å²) in [5.41, 5.74) is 5.99. The third-order valence-corrected chi connectivity index (χ3v) is 6.52. The largest absolute Gasteiger partial charge is 0.391 e. The summed E-state index contributed by atoms with van der Waals surface area (Å²) in [4.78, 5) is 16.9. The van der Waals surface area contributed by atoms with Crippen LogP contribution in [0.3, 0.4) is 0 Å². The van der Waals surface area contributed by atoms with Gasteiger partial charge in [-0.05, 0) is 45.4 Å². The van der Waals surface area contributed by atoms with Crippen LogP contribution in [0, 0.1) is 17.8 Å². The van der Waals surface area contributed by atoms with Crippen molar-refractivity contribution in [3.63, 3.8) is 0 Å². The molecule has 0 aromatic heterocycles. The SMILES string of the molecule is CCOCCN=C(NC(=O)C1CCC(F)C(F)C1)NC1NNC2CCC(C(F)(F)F)CC21. The number of rotatable bonds is 6. The molecule has 0 bridgehead atoms. The summed E-state index contributed by atoms with van der Waals surface area (Å²) in [7, 11) is 0. The van der Waals surface area contributed by atoms with Crippen molar-refractivity contribution in [1.29, 1.82) is 0 Å². The zero-order chi connectivity index (χ0) is 23.3. The van der Waals surface area contributed by atoms with Gasteiger partial charge in [-0.15, -0.1) is 0 Å². The quantitative estimate of drug-likeness (QED) is 0.208. The van der Waals surface area contributed by atoms with Gasteiger partial charge in [-0.25, -0.2) is 14.2 Å². The number of hydrazine groups is 1. The van der Waals surface area contributed by atoms with Gasteiger partial charge in [-0.2, -0.15) is 13.2 Å². The number of hydrogen-bond donors (Lipinski definition) is 4. The lowest BCUT2D eigenvalue weighted by Gasteiger charge is -2.34. The lowest BCUT2D eigenvalue weighted by Crippen LogP contribution is -2.54. The fourth-order valence-electron chi connectivity index (χ4n) is 4.67. The maximum absolute atomic E-state index is 13.7. The first-order valence-electron chi connectivity index (χ1n) is 11.2. The fourth-order valence-corrected chi connectivity index (χ4v) is 4.67. The average molecular weight is 469 g/mol. The normalized spacial score (nSPS) is 35.9. The van der Waals surface area contributed by atoms with Gasteiger partial charge in [0, 0.05) is 24.5 Å². The molecule has 1 heterocycles. The highest BCUT2D eigenvalue weighted by Gasteiger charge is 2.49. The molecular formula is C20H32F5N5O2. The van der Waals surface area contributed by atoms with Crippen LogP contribution >= 0.6 is 0 Å². The second kappa shape index (κ2) is 11.1. The molecule has 4 N–H and O–H groups in total. The molecule has 3 rings (SSSR count). The molecule has 1 saturated heterocycles. The van der Waals surface area contributed by atoms with E-state index < -0.39 is 42.4 Å². The van der Waals surface area contributed by atoms with Gasteiger partial charge in [-0.3, -0.25) is 20.5 Å². The van der Waals surface area contributed by atoms with Crippen molar-refractivity contribution in [3.05, 3.63) is 0 Å². The van der Waals surface area contributed by atoms with E-state index in [-0.39, 0.29) is 56.6 Å². The van der Waals surface area contributed by atoms with E-state index in [0.717, 1.165) is 0 Å². The van der Waals surface area contributed by atoms with Crippen molar-refractivity contribution < 1.29 is 31.5 Å². The predicted molar refractivity (Wildman–Crippen MR) is 108 cm³/mol. The summed E-state index contributed by atoms with van der Waals surface area (Å²) in [6.07, 6.45) is -7.68. The zero-order valence-electron chi connectivity index (χ0n) is 18.1. The zero-order valence-corrected chi connectivity index (χ0v) is 18.1. The van der Waals surface area contributed by atoms with Crippen LogP contribution in [0.1, 0.15) is 45.4 Å². The topological polar surface area (TPSA) is 86.8 Å². The van der Waals surface area contributed by atoms with Crippen molar-refractivity contribution in [1.82, 2.24) is 21.5 Å². The second-order valence-corrected chi connectivity index (χ2v) is 8.69. The molecule has 32 heavy (non-hydrogen) atoms. The van der Waals surface area contributed by atoms with Crippen molar-refractivity contribution in [2.45, 2.75) is 76.2 Å². The van der Waals surface area contributed by atoms with Crippen molar-refractivity contribution in [2.24, 2.45) is 22.7 Å². The van der Waals surface area contributed by atoms with Crippen LogP contribution in [-0.4, -0.2) is 62.4 Å². The summed E-state index contributed by atoms with van der Waals surface area (Å²) in [6.45, 7) is 2.84. The lowest BCUT2D eigenvalue weighted by atomic mass is 9.77. The minimum absolute atomic E-state index is 0.0276. The third kappa shape index (κ3) is 6.50. The van der Waals surface area contributed by atoms with E-state index in [4.69, 9.17) is 4.74 Å². The molecule has 3 aliphatic rings. The number of carbonyl (C=O) groups is 1. The number of nitrogens with one attached hydrogen (secondary N) is 4. The summed E-state index contributed by atoms with van der Waals surface area (Å²) in [5.74, 6) is -2.83. The van der Waals surface area contributed by atoms with E-state index in [0.29, 0.717) is 19.6 Å². The third-order valence-electron chi connectivity index (χ3n) is 6.52. The van der Waals surface area contributed by atoms with Crippen LogP contribution in [0.4, 0.5) is 22.0 Å². The summed E-state index contributed by atoms with van der Waals surface area (Å²) < 4.78 is 72.1. The number of nitrogens with zero attached hydrogens (tertiary/aromatic N) is 1. The number of ether oxygens (including phenoxy) is 1. The standard InChI is InChI=1S/C20H32F5N5O2/c1-2-32-8-7-26-19(28-18(31)11-3-5-14(21)15(22)9-11)27-17-13-10-12(20(23,24)25)4-6-16(13)29-30-17/h11-17,29-30H,2-10H2,1H3,(H2,26,27,28,31). The Labute approximate surface area is 184 Å². The van der Waals surface area contributed by atoms with Crippen LogP contribution in [-0.2, 0) is 9.53 Å². The first-order chi connectivity index (χ1) is 15.2. The van der Waals surface area contributed by atoms with E-state index in [1.807, 2.05) is 6.92 Å². The van der Waals surface area contributed by atoms with E-state index in [1.54, 1.807) is 0 Å². The maximum atomic E-state index is 13.7. The highest BCUT2D eigenvalue weighted by molar-refractivity contribution is 5.98. The Morgan fingerprint density at radius 3 is 2.56 bits per heavy atom. The fraction of sp³-hybridized carbons (Fsp3) is 0.900. The summed E-state index contributed by atoms with van der Waals surface area (Å²) in [6, 6.07) is -0.126. The Hall–Kier alpha value is -1.53. The van der Waals surface area contributed by atoms with Gasteiger partial charge in [0.1, 0.15) is 12.3 Å². The molecule has 0 aromatic carbocycles. The number of alkyl halides is 5. The number of amides is 1. The van der Waals surface area contributed by atoms with Gasteiger partial charge in [0.2, 0.25) is 5.91 Å². The molecule has 7 nitrogen and oxygen atoms in total. The highest BCUT2D eigenvalue weighted by atomic mass is 19.4. The molecule has 0 spiro atoms. The molecule has 184 valence electrons. The molecule has 0 radical (unpaired) electrons. The Bertz CT molecular complexity index is 665. The van der Waals surface area contributed by atoms with Crippen LogP contribution in [0.15, 0.2) is 4.99 Å². The molecule has 2 saturated carbocycles. The van der Waals surface area contributed by atoms with Gasteiger partial charge in [0.25, 0.3) is 0 Å². The van der Waals surface area contributed by atoms with Crippen molar-refractivity contribution in [2.75, 3.05) is 19.8 Å². The molecule has 12 heteroatoms. The number of hydrogen-bond acceptors (Lipinski definition) is 5. The minimum atomic E-state index is -4.25. The van der Waals surface area contributed by atoms with Gasteiger partial charge >= 0.3 is 6.18 Å².